The summed E-state index contributed by atoms with van der Waals surface area (Å²) < 4.78 is 8.34. The summed E-state index contributed by atoms with van der Waals surface area (Å²) in [5.74, 6) is 0.286. The average molecular weight is 860 g/mol. The molecule has 4 heterocycles. The van der Waals surface area contributed by atoms with Crippen LogP contribution in [0.4, 0.5) is 0 Å². The van der Waals surface area contributed by atoms with Crippen molar-refractivity contribution in [3.63, 3.8) is 0 Å². The van der Waals surface area contributed by atoms with E-state index in [-0.39, 0.29) is 47.9 Å². The Morgan fingerprint density at radius 2 is 1.58 bits per heavy atom. The number of ketones is 1. The summed E-state index contributed by atoms with van der Waals surface area (Å²) in [7, 11) is 0. The second-order valence-electron chi connectivity index (χ2n) is 14.2. The molecule has 0 amide bonds. The molecule has 4 aromatic heterocycles. The standard InChI is InChI=1S/C25H19N2OS2.C15H28O2.Ir/c1-13-11-28-21-16(13)5-6-17-19-20(26-12-27-24(19)30-23(17)21)15-9-14-7-8-29-22(14)18(10-15)25(2,3)4;1-7-14(5,8-2)12(16)11-13(17)15(6,9-3)10-4;/h5-8,10-12H,1-4H3;11,16H,7-10H2,1-6H3;/q-1;;/b;12-11-;. The number of benzene rings is 2. The number of thiophene rings is 2. The minimum Gasteiger partial charge on any atom is -0.512 e. The van der Waals surface area contributed by atoms with Gasteiger partial charge in [-0.25, -0.2) is 4.98 Å². The zero-order chi connectivity index (χ0) is 34.3. The van der Waals surface area contributed by atoms with Crippen molar-refractivity contribution < 1.29 is 34.4 Å². The molecule has 0 atom stereocenters. The smallest absolute Gasteiger partial charge is 0.164 e. The van der Waals surface area contributed by atoms with Crippen LogP contribution in [0.1, 0.15) is 99.1 Å². The van der Waals surface area contributed by atoms with E-state index in [2.05, 4.69) is 68.4 Å². The second kappa shape index (κ2) is 14.5. The maximum absolute atomic E-state index is 12.2. The van der Waals surface area contributed by atoms with E-state index >= 15 is 0 Å². The van der Waals surface area contributed by atoms with Gasteiger partial charge in [0.15, 0.2) is 11.4 Å². The third kappa shape index (κ3) is 6.92. The van der Waals surface area contributed by atoms with E-state index in [0.717, 1.165) is 79.2 Å². The van der Waals surface area contributed by atoms with E-state index in [4.69, 9.17) is 9.40 Å². The van der Waals surface area contributed by atoms with E-state index in [0.29, 0.717) is 0 Å². The van der Waals surface area contributed by atoms with Crippen molar-refractivity contribution in [2.24, 2.45) is 10.8 Å². The van der Waals surface area contributed by atoms with E-state index < -0.39 is 0 Å². The van der Waals surface area contributed by atoms with Gasteiger partial charge in [0.1, 0.15) is 16.9 Å². The first-order valence-corrected chi connectivity index (χ1v) is 18.3. The summed E-state index contributed by atoms with van der Waals surface area (Å²) in [6, 6.07) is 12.4. The molecule has 0 saturated heterocycles. The van der Waals surface area contributed by atoms with Gasteiger partial charge in [-0.15, -0.1) is 34.9 Å². The van der Waals surface area contributed by atoms with Gasteiger partial charge in [0.25, 0.3) is 0 Å². The molecule has 8 heteroatoms. The number of fused-ring (bicyclic) bond motifs is 6. The zero-order valence-electron chi connectivity index (χ0n) is 29.8. The molecule has 0 unspecified atom stereocenters. The number of carbonyl (C=O) groups is 1. The van der Waals surface area contributed by atoms with Gasteiger partial charge in [-0.3, -0.25) is 9.78 Å². The number of nitrogens with zero attached hydrogens (tertiary/aromatic N) is 2. The third-order valence-corrected chi connectivity index (χ3v) is 12.4. The Bertz CT molecular complexity index is 2100. The fourth-order valence-electron chi connectivity index (χ4n) is 5.86. The molecule has 2 aromatic carbocycles. The maximum atomic E-state index is 12.2. The first-order chi connectivity index (χ1) is 22.2. The molecule has 48 heavy (non-hydrogen) atoms. The van der Waals surface area contributed by atoms with Crippen molar-refractivity contribution >= 4 is 69.8 Å². The number of hydrogen-bond donors (Lipinski definition) is 1. The SMILES string of the molecule is CCC(C)(CC)C(=O)/C=C(\O)C(C)(CC)CC.Cc1coc2c1ccc1c2sc2ncnc(-c3[c-]c4ccsc4c(C(C)(C)C)c3)c21.[Ir]. The number of hydrogen-bond acceptors (Lipinski definition) is 7. The van der Waals surface area contributed by atoms with Crippen molar-refractivity contribution in [1.82, 2.24) is 9.97 Å². The van der Waals surface area contributed by atoms with Crippen LogP contribution in [0.25, 0.3) is 52.6 Å². The average Bonchev–Trinajstić information content (AvgIpc) is 3.79. The summed E-state index contributed by atoms with van der Waals surface area (Å²) in [4.78, 5) is 22.5. The van der Waals surface area contributed by atoms with Crippen LogP contribution in [0.15, 0.2) is 58.5 Å². The normalized spacial score (nSPS) is 12.8. The first kappa shape index (κ1) is 37.9. The Kier molecular flexibility index (Phi) is 11.5. The molecule has 0 aliphatic rings. The van der Waals surface area contributed by atoms with E-state index in [1.807, 2.05) is 47.8 Å². The van der Waals surface area contributed by atoms with Gasteiger partial charge in [0, 0.05) is 58.9 Å². The Morgan fingerprint density at radius 3 is 2.21 bits per heavy atom. The van der Waals surface area contributed by atoms with Crippen molar-refractivity contribution in [1.29, 1.82) is 0 Å². The predicted molar refractivity (Wildman–Crippen MR) is 201 cm³/mol. The molecular weight excluding hydrogens is 813 g/mol. The topological polar surface area (TPSA) is 76.2 Å². The summed E-state index contributed by atoms with van der Waals surface area (Å²) in [5.41, 5.74) is 4.81. The van der Waals surface area contributed by atoms with Gasteiger partial charge in [-0.2, -0.15) is 11.3 Å². The number of aliphatic hydroxyl groups is 1. The van der Waals surface area contributed by atoms with Crippen molar-refractivity contribution in [2.45, 2.75) is 100 Å². The number of aliphatic hydroxyl groups excluding tert-OH is 1. The number of allylic oxidation sites excluding steroid dienone is 2. The van der Waals surface area contributed by atoms with Gasteiger partial charge in [-0.1, -0.05) is 85.6 Å². The quantitative estimate of drug-likeness (QED) is 0.0937. The molecule has 0 fully saturated rings. The Balaban J connectivity index is 0.000000251. The molecule has 0 spiro atoms. The largest absolute Gasteiger partial charge is 0.512 e. The molecule has 257 valence electrons. The first-order valence-electron chi connectivity index (χ1n) is 16.6. The van der Waals surface area contributed by atoms with Crippen LogP contribution in [0.3, 0.4) is 0 Å². The van der Waals surface area contributed by atoms with Crippen molar-refractivity contribution in [3.05, 3.63) is 71.3 Å². The summed E-state index contributed by atoms with van der Waals surface area (Å²) in [6.07, 6.45) is 8.25. The molecule has 0 saturated carbocycles. The van der Waals surface area contributed by atoms with Crippen LogP contribution < -0.4 is 0 Å². The molecule has 6 rings (SSSR count). The summed E-state index contributed by atoms with van der Waals surface area (Å²) in [5, 5.41) is 16.8. The molecule has 1 radical (unpaired) electrons. The molecule has 1 N–H and O–H groups in total. The van der Waals surface area contributed by atoms with Crippen LogP contribution >= 0.6 is 22.7 Å². The fraction of sp³-hybridized carbons (Fsp3) is 0.425. The van der Waals surface area contributed by atoms with E-state index in [1.54, 1.807) is 29.0 Å². The monoisotopic (exact) mass is 860 g/mol. The predicted octanol–water partition coefficient (Wildman–Crippen LogP) is 12.5. The Labute approximate surface area is 306 Å². The minimum atomic E-state index is -0.337. The molecule has 0 bridgehead atoms. The van der Waals surface area contributed by atoms with E-state index in [1.165, 1.54) is 16.3 Å². The zero-order valence-corrected chi connectivity index (χ0v) is 33.8. The van der Waals surface area contributed by atoms with Gasteiger partial charge >= 0.3 is 0 Å². The summed E-state index contributed by atoms with van der Waals surface area (Å²) >= 11 is 3.45. The number of rotatable bonds is 8. The number of aryl methyl sites for hydroxylation is 1. The van der Waals surface area contributed by atoms with Crippen LogP contribution in [0.5, 0.6) is 0 Å². The molecule has 6 aromatic rings. The molecule has 5 nitrogen and oxygen atoms in total. The van der Waals surface area contributed by atoms with Gasteiger partial charge < -0.3 is 9.52 Å². The van der Waals surface area contributed by atoms with Gasteiger partial charge in [0.05, 0.1) is 11.0 Å². The maximum Gasteiger partial charge on any atom is 0.164 e. The molecular formula is C40H47IrN2O3S2-. The summed E-state index contributed by atoms with van der Waals surface area (Å²) in [6.45, 7) is 20.9. The van der Waals surface area contributed by atoms with Crippen LogP contribution in [0, 0.1) is 23.8 Å². The van der Waals surface area contributed by atoms with Crippen LogP contribution in [-0.2, 0) is 30.3 Å². The fourth-order valence-corrected chi connectivity index (χ4v) is 8.08. The Hall–Kier alpha value is -2.90. The van der Waals surface area contributed by atoms with Gasteiger partial charge in [0.2, 0.25) is 0 Å². The third-order valence-electron chi connectivity index (χ3n) is 10.3. The number of carbonyl (C=O) groups excluding carboxylic acids is 1. The number of furan rings is 1. The van der Waals surface area contributed by atoms with Crippen molar-refractivity contribution in [3.8, 4) is 11.3 Å². The Morgan fingerprint density at radius 1 is 0.938 bits per heavy atom. The minimum absolute atomic E-state index is 0. The van der Waals surface area contributed by atoms with E-state index in [9.17, 15) is 9.90 Å². The molecule has 0 aliphatic carbocycles. The molecule has 0 aliphatic heterocycles. The van der Waals surface area contributed by atoms with Gasteiger partial charge in [-0.05, 0) is 53.7 Å². The number of aromatic nitrogens is 2. The van der Waals surface area contributed by atoms with Crippen LogP contribution in [0.2, 0.25) is 0 Å². The second-order valence-corrected chi connectivity index (χ2v) is 16.1. The van der Waals surface area contributed by atoms with Crippen LogP contribution in [-0.4, -0.2) is 20.9 Å². The van der Waals surface area contributed by atoms with Crippen molar-refractivity contribution in [2.75, 3.05) is 0 Å².